The molecule has 0 spiro atoms. The highest BCUT2D eigenvalue weighted by molar-refractivity contribution is 9.10. The Kier molecular flexibility index (Phi) is 6.46. The van der Waals surface area contributed by atoms with Crippen LogP contribution in [0.4, 0.5) is 0 Å². The number of ether oxygens (including phenoxy) is 1. The number of phenolic OH excluding ortho intramolecular Hbond substituents is 1. The monoisotopic (exact) mass is 335 g/mol. The number of aromatic hydroxyl groups is 1. The van der Waals surface area contributed by atoms with Gasteiger partial charge in [0.2, 0.25) is 0 Å². The summed E-state index contributed by atoms with van der Waals surface area (Å²) in [6.45, 7) is 1.37. The maximum absolute atomic E-state index is 12.2. The summed E-state index contributed by atoms with van der Waals surface area (Å²) < 4.78 is 5.51. The molecule has 0 saturated carbocycles. The minimum Gasteiger partial charge on any atom is -0.507 e. The van der Waals surface area contributed by atoms with Gasteiger partial charge in [-0.25, -0.2) is 0 Å². The molecule has 0 aliphatic rings. The Morgan fingerprint density at radius 2 is 2.22 bits per heavy atom. The molecule has 0 aliphatic carbocycles. The van der Waals surface area contributed by atoms with Crippen LogP contribution < -0.4 is 0 Å². The van der Waals surface area contributed by atoms with Crippen LogP contribution in [0.3, 0.4) is 0 Å². The van der Waals surface area contributed by atoms with Crippen molar-refractivity contribution in [3.05, 3.63) is 28.2 Å². The number of methoxy groups -OCH3 is 1. The molecule has 1 rings (SSSR count). The van der Waals surface area contributed by atoms with Crippen LogP contribution >= 0.6 is 27.5 Å². The number of benzene rings is 1. The van der Waals surface area contributed by atoms with E-state index in [2.05, 4.69) is 15.9 Å². The molecule has 1 amide bonds. The number of hydrogen-bond donors (Lipinski definition) is 1. The maximum Gasteiger partial charge on any atom is 0.254 e. The van der Waals surface area contributed by atoms with Crippen LogP contribution in [0.1, 0.15) is 10.4 Å². The van der Waals surface area contributed by atoms with Crippen LogP contribution in [0.2, 0.25) is 0 Å². The highest BCUT2D eigenvalue weighted by Crippen LogP contribution is 2.24. The number of alkyl halides is 1. The van der Waals surface area contributed by atoms with Crippen molar-refractivity contribution in [1.82, 2.24) is 4.90 Å². The van der Waals surface area contributed by atoms with Gasteiger partial charge >= 0.3 is 0 Å². The summed E-state index contributed by atoms with van der Waals surface area (Å²) >= 11 is 8.84. The van der Waals surface area contributed by atoms with Crippen molar-refractivity contribution in [2.45, 2.75) is 0 Å². The highest BCUT2D eigenvalue weighted by Gasteiger charge is 2.16. The lowest BCUT2D eigenvalue weighted by atomic mass is 10.2. The van der Waals surface area contributed by atoms with Crippen molar-refractivity contribution >= 4 is 33.4 Å². The third kappa shape index (κ3) is 4.15. The molecule has 0 bridgehead atoms. The number of phenols is 1. The van der Waals surface area contributed by atoms with Crippen LogP contribution in [-0.4, -0.2) is 48.6 Å². The van der Waals surface area contributed by atoms with Gasteiger partial charge in [0.1, 0.15) is 5.75 Å². The second kappa shape index (κ2) is 7.61. The standard InChI is InChI=1S/C12H15BrClNO3/c1-18-7-6-15(5-4-14)12(17)9-2-3-10(13)11(16)8-9/h2-3,8,16H,4-7H2,1H3. The molecular formula is C12H15BrClNO3. The van der Waals surface area contributed by atoms with E-state index in [0.717, 1.165) is 0 Å². The second-order valence-electron chi connectivity index (χ2n) is 3.64. The van der Waals surface area contributed by atoms with Crippen LogP contribution in [0.25, 0.3) is 0 Å². The number of hydrogen-bond acceptors (Lipinski definition) is 3. The largest absolute Gasteiger partial charge is 0.507 e. The third-order valence-corrected chi connectivity index (χ3v) is 3.24. The highest BCUT2D eigenvalue weighted by atomic mass is 79.9. The van der Waals surface area contributed by atoms with Gasteiger partial charge in [-0.15, -0.1) is 11.6 Å². The molecule has 0 radical (unpaired) electrons. The van der Waals surface area contributed by atoms with Crippen molar-refractivity contribution in [2.24, 2.45) is 0 Å². The Bertz CT molecular complexity index is 414. The summed E-state index contributed by atoms with van der Waals surface area (Å²) in [7, 11) is 1.58. The molecule has 0 atom stereocenters. The molecule has 1 aromatic carbocycles. The molecule has 1 aromatic rings. The summed E-state index contributed by atoms with van der Waals surface area (Å²) in [6.07, 6.45) is 0. The first-order chi connectivity index (χ1) is 8.60. The maximum atomic E-state index is 12.2. The molecule has 0 heterocycles. The Morgan fingerprint density at radius 3 is 2.78 bits per heavy atom. The molecule has 1 N–H and O–H groups in total. The second-order valence-corrected chi connectivity index (χ2v) is 4.87. The number of halogens is 2. The van der Waals surface area contributed by atoms with Crippen molar-refractivity contribution in [2.75, 3.05) is 32.7 Å². The molecule has 0 aromatic heterocycles. The van der Waals surface area contributed by atoms with E-state index < -0.39 is 0 Å². The van der Waals surface area contributed by atoms with E-state index >= 15 is 0 Å². The number of nitrogens with zero attached hydrogens (tertiary/aromatic N) is 1. The van der Waals surface area contributed by atoms with Crippen LogP contribution in [0, 0.1) is 0 Å². The van der Waals surface area contributed by atoms with Gasteiger partial charge in [-0.2, -0.15) is 0 Å². The first-order valence-electron chi connectivity index (χ1n) is 5.42. The zero-order valence-corrected chi connectivity index (χ0v) is 12.4. The van der Waals surface area contributed by atoms with Gasteiger partial charge in [0.25, 0.3) is 5.91 Å². The summed E-state index contributed by atoms with van der Waals surface area (Å²) in [5.41, 5.74) is 0.428. The first-order valence-corrected chi connectivity index (χ1v) is 6.75. The van der Waals surface area contributed by atoms with Crippen molar-refractivity contribution in [1.29, 1.82) is 0 Å². The van der Waals surface area contributed by atoms with Crippen molar-refractivity contribution < 1.29 is 14.6 Å². The third-order valence-electron chi connectivity index (χ3n) is 2.40. The Morgan fingerprint density at radius 1 is 1.50 bits per heavy atom. The fraction of sp³-hybridized carbons (Fsp3) is 0.417. The van der Waals surface area contributed by atoms with Gasteiger partial charge < -0.3 is 14.7 Å². The van der Waals surface area contributed by atoms with Gasteiger partial charge in [0, 0.05) is 31.6 Å². The van der Waals surface area contributed by atoms with Crippen molar-refractivity contribution in [3.8, 4) is 5.75 Å². The van der Waals surface area contributed by atoms with Gasteiger partial charge in [-0.3, -0.25) is 4.79 Å². The van der Waals surface area contributed by atoms with Gasteiger partial charge in [-0.05, 0) is 34.1 Å². The minimum atomic E-state index is -0.171. The Labute approximate surface area is 120 Å². The molecular weight excluding hydrogens is 321 g/mol. The molecule has 0 fully saturated rings. The zero-order chi connectivity index (χ0) is 13.5. The normalized spacial score (nSPS) is 10.4. The number of amides is 1. The average Bonchev–Trinajstić information content (AvgIpc) is 2.37. The van der Waals surface area contributed by atoms with E-state index in [1.165, 1.54) is 6.07 Å². The van der Waals surface area contributed by atoms with E-state index in [4.69, 9.17) is 16.3 Å². The fourth-order valence-corrected chi connectivity index (χ4v) is 1.90. The lowest BCUT2D eigenvalue weighted by Gasteiger charge is -2.21. The van der Waals surface area contributed by atoms with Crippen LogP contribution in [-0.2, 0) is 4.74 Å². The average molecular weight is 337 g/mol. The number of rotatable bonds is 6. The fourth-order valence-electron chi connectivity index (χ4n) is 1.45. The molecule has 0 saturated heterocycles. The van der Waals surface area contributed by atoms with Crippen LogP contribution in [0.15, 0.2) is 22.7 Å². The molecule has 6 heteroatoms. The molecule has 0 unspecified atom stereocenters. The predicted octanol–water partition coefficient (Wildman–Crippen LogP) is 2.48. The zero-order valence-electron chi connectivity index (χ0n) is 10.0. The van der Waals surface area contributed by atoms with Gasteiger partial charge in [0.15, 0.2) is 0 Å². The summed E-state index contributed by atoms with van der Waals surface area (Å²) in [4.78, 5) is 13.8. The van der Waals surface area contributed by atoms with Gasteiger partial charge in [-0.1, -0.05) is 0 Å². The van der Waals surface area contributed by atoms with E-state index in [-0.39, 0.29) is 11.7 Å². The molecule has 0 aliphatic heterocycles. The first kappa shape index (κ1) is 15.3. The predicted molar refractivity (Wildman–Crippen MR) is 74.3 cm³/mol. The van der Waals surface area contributed by atoms with Gasteiger partial charge in [0.05, 0.1) is 11.1 Å². The van der Waals surface area contributed by atoms with E-state index in [9.17, 15) is 9.90 Å². The van der Waals surface area contributed by atoms with Crippen molar-refractivity contribution in [3.63, 3.8) is 0 Å². The molecule has 100 valence electrons. The minimum absolute atomic E-state index is 0.0402. The SMILES string of the molecule is COCCN(CCCl)C(=O)c1ccc(Br)c(O)c1. The summed E-state index contributed by atoms with van der Waals surface area (Å²) in [5, 5.41) is 9.57. The van der Waals surface area contributed by atoms with E-state index in [1.54, 1.807) is 24.1 Å². The number of carbonyl (C=O) groups is 1. The smallest absolute Gasteiger partial charge is 0.254 e. The number of carbonyl (C=O) groups excluding carboxylic acids is 1. The lowest BCUT2D eigenvalue weighted by molar-refractivity contribution is 0.0707. The molecule has 18 heavy (non-hydrogen) atoms. The Hall–Kier alpha value is -0.780. The quantitative estimate of drug-likeness (QED) is 0.812. The van der Waals surface area contributed by atoms with E-state index in [1.807, 2.05) is 0 Å². The summed E-state index contributed by atoms with van der Waals surface area (Å²) in [6, 6.07) is 4.72. The van der Waals surface area contributed by atoms with E-state index in [0.29, 0.717) is 35.6 Å². The topological polar surface area (TPSA) is 49.8 Å². The molecule has 4 nitrogen and oxygen atoms in total. The lowest BCUT2D eigenvalue weighted by Crippen LogP contribution is -2.35. The Balaban J connectivity index is 2.83. The van der Waals surface area contributed by atoms with Crippen LogP contribution in [0.5, 0.6) is 5.75 Å². The summed E-state index contributed by atoms with van der Waals surface area (Å²) in [5.74, 6) is 0.228.